The summed E-state index contributed by atoms with van der Waals surface area (Å²) in [6.07, 6.45) is 4.83. The molecule has 1 fully saturated rings. The molecule has 1 aliphatic carbocycles. The Morgan fingerprint density at radius 2 is 2.00 bits per heavy atom. The van der Waals surface area contributed by atoms with Gasteiger partial charge in [0.25, 0.3) is 0 Å². The fourth-order valence-electron chi connectivity index (χ4n) is 3.67. The molecule has 1 aliphatic heterocycles. The molecule has 0 saturated carbocycles. The Morgan fingerprint density at radius 3 is 2.57 bits per heavy atom. The van der Waals surface area contributed by atoms with Crippen molar-refractivity contribution in [2.45, 2.75) is 51.0 Å². The Kier molecular flexibility index (Phi) is 6.03. The first-order chi connectivity index (χ1) is 10.8. The monoisotopic (exact) mass is 431 g/mol. The van der Waals surface area contributed by atoms with Gasteiger partial charge >= 0.3 is 143 Å². The summed E-state index contributed by atoms with van der Waals surface area (Å²) < 4.78 is 10.9. The molecule has 2 rings (SSSR count). The molecule has 130 valence electrons. The fraction of sp³-hybridized carbons (Fsp3) is 0.765. The van der Waals surface area contributed by atoms with Crippen molar-refractivity contribution < 1.29 is 19.1 Å². The number of ether oxygens (including phenoxy) is 2. The first kappa shape index (κ1) is 18.6. The van der Waals surface area contributed by atoms with E-state index in [1.807, 2.05) is 0 Å². The van der Waals surface area contributed by atoms with Gasteiger partial charge in [0, 0.05) is 0 Å². The van der Waals surface area contributed by atoms with Crippen LogP contribution in [0.5, 0.6) is 0 Å². The van der Waals surface area contributed by atoms with Crippen molar-refractivity contribution in [2.24, 2.45) is 5.92 Å². The second kappa shape index (κ2) is 7.45. The van der Waals surface area contributed by atoms with E-state index in [4.69, 9.17) is 9.47 Å². The van der Waals surface area contributed by atoms with E-state index in [-0.39, 0.29) is 5.97 Å². The van der Waals surface area contributed by atoms with Crippen LogP contribution in [0, 0.1) is 5.92 Å². The fourth-order valence-corrected chi connectivity index (χ4v) is 8.86. The van der Waals surface area contributed by atoms with E-state index in [1.165, 1.54) is 17.6 Å². The van der Waals surface area contributed by atoms with Crippen molar-refractivity contribution in [3.05, 3.63) is 11.6 Å². The SMILES string of the molecule is CCOC(=O)C1CC2C[CH]([Sn]([CH3])([CH3])[CH3])CC=C2CN1C(=O)OC. The molecule has 2 aliphatic rings. The summed E-state index contributed by atoms with van der Waals surface area (Å²) in [6.45, 7) is 2.62. The summed E-state index contributed by atoms with van der Waals surface area (Å²) in [5, 5.41) is 0. The molecule has 23 heavy (non-hydrogen) atoms. The topological polar surface area (TPSA) is 55.8 Å². The molecule has 0 spiro atoms. The van der Waals surface area contributed by atoms with E-state index in [1.54, 1.807) is 6.92 Å². The Bertz CT molecular complexity index is 497. The number of carbonyl (C=O) groups excluding carboxylic acids is 2. The van der Waals surface area contributed by atoms with Crippen LogP contribution in [0.15, 0.2) is 11.6 Å². The molecule has 0 aromatic heterocycles. The Labute approximate surface area is 143 Å². The van der Waals surface area contributed by atoms with E-state index in [9.17, 15) is 9.59 Å². The zero-order valence-corrected chi connectivity index (χ0v) is 17.8. The minimum absolute atomic E-state index is 0.307. The third-order valence-corrected chi connectivity index (χ3v) is 13.5. The Balaban J connectivity index is 2.21. The molecule has 3 atom stereocenters. The maximum atomic E-state index is 12.3. The number of rotatable bonds is 3. The van der Waals surface area contributed by atoms with Crippen molar-refractivity contribution in [3.63, 3.8) is 0 Å². The predicted octanol–water partition coefficient (Wildman–Crippen LogP) is 3.44. The van der Waals surface area contributed by atoms with Crippen LogP contribution in [0.4, 0.5) is 4.79 Å². The zero-order chi connectivity index (χ0) is 17.2. The van der Waals surface area contributed by atoms with Gasteiger partial charge in [0.15, 0.2) is 0 Å². The number of esters is 1. The molecule has 1 saturated heterocycles. The molecule has 1 amide bonds. The van der Waals surface area contributed by atoms with Gasteiger partial charge < -0.3 is 0 Å². The standard InChI is InChI=1S/C14H20NO4.3CH3.Sn/c1-3-19-13(16)12-8-10-6-4-5-7-11(10)9-15(12)14(17)18-2;;;;/h4,7,10,12H,3,5-6,8-9H2,1-2H3;3*1H3;. The summed E-state index contributed by atoms with van der Waals surface area (Å²) in [7, 11) is 1.36. The van der Waals surface area contributed by atoms with Crippen molar-refractivity contribution in [1.29, 1.82) is 0 Å². The van der Waals surface area contributed by atoms with Gasteiger partial charge in [-0.1, -0.05) is 0 Å². The van der Waals surface area contributed by atoms with E-state index in [2.05, 4.69) is 20.9 Å². The molecule has 1 heterocycles. The van der Waals surface area contributed by atoms with Gasteiger partial charge in [-0.05, 0) is 0 Å². The van der Waals surface area contributed by atoms with Crippen molar-refractivity contribution in [3.8, 4) is 0 Å². The van der Waals surface area contributed by atoms with Crippen LogP contribution in [-0.2, 0) is 14.3 Å². The van der Waals surface area contributed by atoms with Crippen LogP contribution in [0.1, 0.15) is 26.2 Å². The number of hydrogen-bond donors (Lipinski definition) is 0. The summed E-state index contributed by atoms with van der Waals surface area (Å²) >= 11 is -1.96. The third-order valence-electron chi connectivity index (χ3n) is 5.19. The van der Waals surface area contributed by atoms with Crippen molar-refractivity contribution in [2.75, 3.05) is 20.3 Å². The zero-order valence-electron chi connectivity index (χ0n) is 14.9. The molecule has 5 nitrogen and oxygen atoms in total. The average Bonchev–Trinajstić information content (AvgIpc) is 2.51. The van der Waals surface area contributed by atoms with Gasteiger partial charge in [-0.2, -0.15) is 0 Å². The maximum absolute atomic E-state index is 12.3. The number of methoxy groups -OCH3 is 1. The van der Waals surface area contributed by atoms with Gasteiger partial charge in [-0.15, -0.1) is 0 Å². The van der Waals surface area contributed by atoms with Crippen molar-refractivity contribution in [1.82, 2.24) is 4.90 Å². The van der Waals surface area contributed by atoms with Crippen LogP contribution in [0.25, 0.3) is 0 Å². The second-order valence-corrected chi connectivity index (χ2v) is 23.4. The molecule has 0 radical (unpaired) electrons. The summed E-state index contributed by atoms with van der Waals surface area (Å²) in [5.41, 5.74) is 1.29. The summed E-state index contributed by atoms with van der Waals surface area (Å²) in [4.78, 5) is 33.3. The first-order valence-electron chi connectivity index (χ1n) is 8.48. The van der Waals surface area contributed by atoms with Crippen LogP contribution in [0.3, 0.4) is 0 Å². The number of hydrogen-bond acceptors (Lipinski definition) is 4. The molecular formula is C17H29NO4Sn. The minimum atomic E-state index is -1.96. The van der Waals surface area contributed by atoms with Gasteiger partial charge in [-0.3, -0.25) is 0 Å². The molecule has 0 bridgehead atoms. The van der Waals surface area contributed by atoms with Crippen molar-refractivity contribution >= 4 is 30.4 Å². The Morgan fingerprint density at radius 1 is 1.30 bits per heavy atom. The number of allylic oxidation sites excluding steroid dienone is 1. The average molecular weight is 430 g/mol. The van der Waals surface area contributed by atoms with E-state index >= 15 is 0 Å². The number of amides is 1. The molecule has 0 N–H and O–H groups in total. The van der Waals surface area contributed by atoms with Gasteiger partial charge in [0.1, 0.15) is 0 Å². The number of carbonyl (C=O) groups is 2. The molecule has 0 aromatic carbocycles. The number of fused-ring (bicyclic) bond motifs is 1. The van der Waals surface area contributed by atoms with E-state index < -0.39 is 30.5 Å². The van der Waals surface area contributed by atoms with Crippen LogP contribution in [0.2, 0.25) is 18.8 Å². The molecular weight excluding hydrogens is 401 g/mol. The molecule has 3 unspecified atom stereocenters. The van der Waals surface area contributed by atoms with Gasteiger partial charge in [-0.25, -0.2) is 0 Å². The van der Waals surface area contributed by atoms with Gasteiger partial charge in [0.05, 0.1) is 0 Å². The number of piperidine rings is 1. The second-order valence-electron chi connectivity index (χ2n) is 7.61. The van der Waals surface area contributed by atoms with Crippen LogP contribution in [-0.4, -0.2) is 61.6 Å². The summed E-state index contributed by atoms with van der Waals surface area (Å²) in [5.74, 6) is 0.0957. The predicted molar refractivity (Wildman–Crippen MR) is 92.1 cm³/mol. The van der Waals surface area contributed by atoms with Crippen LogP contribution < -0.4 is 0 Å². The van der Waals surface area contributed by atoms with E-state index in [0.717, 1.165) is 16.8 Å². The molecule has 0 aromatic rings. The van der Waals surface area contributed by atoms with Gasteiger partial charge in [0.2, 0.25) is 0 Å². The normalized spacial score (nSPS) is 27.8. The Hall–Kier alpha value is -0.721. The van der Waals surface area contributed by atoms with Crippen LogP contribution >= 0.6 is 0 Å². The first-order valence-corrected chi connectivity index (χ1v) is 18.7. The summed E-state index contributed by atoms with van der Waals surface area (Å²) in [6, 6.07) is -0.515. The number of likely N-dealkylation sites (tertiary alicyclic amines) is 1. The quantitative estimate of drug-likeness (QED) is 0.391. The third kappa shape index (κ3) is 4.22. The molecule has 6 heteroatoms. The number of nitrogens with zero attached hydrogens (tertiary/aromatic N) is 1. The van der Waals surface area contributed by atoms with E-state index in [0.29, 0.717) is 25.5 Å².